The van der Waals surface area contributed by atoms with Gasteiger partial charge in [-0.2, -0.15) is 14.7 Å². The number of aryl methyl sites for hydroxylation is 1. The van der Waals surface area contributed by atoms with Gasteiger partial charge in [0.2, 0.25) is 5.91 Å². The third-order valence-electron chi connectivity index (χ3n) is 6.72. The fraction of sp³-hybridized carbons (Fsp3) is 0.370. The molecule has 8 nitrogen and oxygen atoms in total. The van der Waals surface area contributed by atoms with Gasteiger partial charge in [-0.1, -0.05) is 24.3 Å². The van der Waals surface area contributed by atoms with Crippen molar-refractivity contribution in [3.05, 3.63) is 64.8 Å². The van der Waals surface area contributed by atoms with Crippen molar-refractivity contribution in [1.29, 1.82) is 0 Å². The number of aromatic nitrogens is 5. The van der Waals surface area contributed by atoms with Crippen LogP contribution in [0.3, 0.4) is 0 Å². The largest absolute Gasteiger partial charge is 0.343 e. The van der Waals surface area contributed by atoms with Crippen LogP contribution in [0.5, 0.6) is 0 Å². The summed E-state index contributed by atoms with van der Waals surface area (Å²) in [6.45, 7) is 14.9. The molecule has 1 amide bonds. The fourth-order valence-electron chi connectivity index (χ4n) is 4.74. The second kappa shape index (κ2) is 10.2. The molecular formula is C27H33N7O. The molecule has 0 unspecified atom stereocenters. The van der Waals surface area contributed by atoms with Crippen molar-refractivity contribution in [1.82, 2.24) is 29.7 Å². The van der Waals surface area contributed by atoms with E-state index in [0.29, 0.717) is 0 Å². The van der Waals surface area contributed by atoms with Crippen molar-refractivity contribution in [2.75, 3.05) is 13.1 Å². The second-order valence-corrected chi connectivity index (χ2v) is 8.92. The van der Waals surface area contributed by atoms with Gasteiger partial charge in [0, 0.05) is 37.2 Å². The zero-order valence-electron chi connectivity index (χ0n) is 21.2. The van der Waals surface area contributed by atoms with Gasteiger partial charge < -0.3 is 4.90 Å². The highest BCUT2D eigenvalue weighted by atomic mass is 16.2. The number of aromatic amines is 1. The lowest BCUT2D eigenvalue weighted by molar-refractivity contribution is -0.129. The molecule has 0 spiro atoms. The highest BCUT2D eigenvalue weighted by Gasteiger charge is 2.27. The number of nitrogens with zero attached hydrogens (tertiary/aromatic N) is 6. The molecule has 35 heavy (non-hydrogen) atoms. The van der Waals surface area contributed by atoms with Crippen molar-refractivity contribution in [3.63, 3.8) is 0 Å². The summed E-state index contributed by atoms with van der Waals surface area (Å²) in [5, 5.41) is 13.3. The Bertz CT molecular complexity index is 1390. The number of nitrogens with one attached hydrogen (secondary N) is 1. The molecule has 4 rings (SSSR count). The van der Waals surface area contributed by atoms with E-state index in [1.54, 1.807) is 6.92 Å². The van der Waals surface area contributed by atoms with Crippen LogP contribution < -0.4 is 0 Å². The second-order valence-electron chi connectivity index (χ2n) is 8.92. The molecule has 0 aromatic carbocycles. The number of hydrogen-bond donors (Lipinski definition) is 1. The zero-order chi connectivity index (χ0) is 25.1. The van der Waals surface area contributed by atoms with Crippen LogP contribution in [0.2, 0.25) is 0 Å². The minimum atomic E-state index is 0.132. The summed E-state index contributed by atoms with van der Waals surface area (Å²) in [5.41, 5.74) is 7.36. The Hall–Kier alpha value is -3.81. The number of carbonyl (C=O) groups excluding carboxylic acids is 1. The van der Waals surface area contributed by atoms with Crippen molar-refractivity contribution in [3.8, 4) is 0 Å². The standard InChI is InChI=1S/C27H33N7O/c1-7-9-20(8-2)23(28-6)11-10-17(3)22-16-29-34-26(22)30-25(24-18(4)31-32-27(24)34)21-12-14-33(15-13-21)19(5)35/h7-11,16,21H,6,12-15H2,1-5H3,(H,31,32)/b9-7?,17-10+,20-8+,23-11-. The fourth-order valence-corrected chi connectivity index (χ4v) is 4.74. The summed E-state index contributed by atoms with van der Waals surface area (Å²) in [6, 6.07) is 0. The molecule has 0 aliphatic carbocycles. The Morgan fingerprint density at radius 2 is 1.94 bits per heavy atom. The van der Waals surface area contributed by atoms with E-state index in [-0.39, 0.29) is 11.8 Å². The highest BCUT2D eigenvalue weighted by molar-refractivity contribution is 5.86. The number of aliphatic imine (C=N–C) groups is 1. The maximum Gasteiger partial charge on any atom is 0.219 e. The molecule has 1 aliphatic heterocycles. The van der Waals surface area contributed by atoms with Gasteiger partial charge in [-0.25, -0.2) is 4.98 Å². The molecular weight excluding hydrogens is 438 g/mol. The third-order valence-corrected chi connectivity index (χ3v) is 6.72. The number of amides is 1. The maximum absolute atomic E-state index is 11.8. The summed E-state index contributed by atoms with van der Waals surface area (Å²) in [4.78, 5) is 23.1. The Balaban J connectivity index is 1.79. The predicted molar refractivity (Wildman–Crippen MR) is 141 cm³/mol. The van der Waals surface area contributed by atoms with Crippen LogP contribution in [0.25, 0.3) is 22.3 Å². The molecule has 0 radical (unpaired) electrons. The van der Waals surface area contributed by atoms with Gasteiger partial charge >= 0.3 is 0 Å². The number of piperidine rings is 1. The molecule has 1 aliphatic rings. The van der Waals surface area contributed by atoms with E-state index in [1.165, 1.54) is 0 Å². The first-order valence-electron chi connectivity index (χ1n) is 12.0. The summed E-state index contributed by atoms with van der Waals surface area (Å²) in [6.07, 6.45) is 13.6. The smallest absolute Gasteiger partial charge is 0.219 e. The quantitative estimate of drug-likeness (QED) is 0.397. The first kappa shape index (κ1) is 24.3. The predicted octanol–water partition coefficient (Wildman–Crippen LogP) is 5.15. The van der Waals surface area contributed by atoms with E-state index in [2.05, 4.69) is 27.0 Å². The summed E-state index contributed by atoms with van der Waals surface area (Å²) in [5.74, 6) is 0.392. The molecule has 182 valence electrons. The summed E-state index contributed by atoms with van der Waals surface area (Å²) in [7, 11) is 0. The minimum absolute atomic E-state index is 0.132. The van der Waals surface area contributed by atoms with E-state index < -0.39 is 0 Å². The Morgan fingerprint density at radius 3 is 2.57 bits per heavy atom. The molecule has 8 heteroatoms. The lowest BCUT2D eigenvalue weighted by Gasteiger charge is -2.31. The van der Waals surface area contributed by atoms with E-state index in [4.69, 9.17) is 4.98 Å². The van der Waals surface area contributed by atoms with Crippen LogP contribution in [-0.4, -0.2) is 55.4 Å². The number of allylic oxidation sites excluding steroid dienone is 6. The van der Waals surface area contributed by atoms with Gasteiger partial charge in [0.15, 0.2) is 11.3 Å². The molecule has 3 aromatic rings. The van der Waals surface area contributed by atoms with Crippen LogP contribution >= 0.6 is 0 Å². The summed E-state index contributed by atoms with van der Waals surface area (Å²) < 4.78 is 1.81. The van der Waals surface area contributed by atoms with E-state index >= 15 is 0 Å². The van der Waals surface area contributed by atoms with E-state index in [1.807, 2.05) is 73.7 Å². The number of H-pyrrole nitrogens is 1. The molecule has 1 N–H and O–H groups in total. The van der Waals surface area contributed by atoms with Crippen molar-refractivity contribution < 1.29 is 4.79 Å². The topological polar surface area (TPSA) is 91.5 Å². The first-order valence-corrected chi connectivity index (χ1v) is 12.0. The lowest BCUT2D eigenvalue weighted by Crippen LogP contribution is -2.36. The number of likely N-dealkylation sites (tertiary alicyclic amines) is 1. The van der Waals surface area contributed by atoms with E-state index in [0.717, 1.165) is 76.4 Å². The van der Waals surface area contributed by atoms with Crippen LogP contribution in [0.4, 0.5) is 0 Å². The van der Waals surface area contributed by atoms with Gasteiger partial charge in [0.25, 0.3) is 0 Å². The molecule has 3 aromatic heterocycles. The van der Waals surface area contributed by atoms with Gasteiger partial charge in [0.1, 0.15) is 0 Å². The average molecular weight is 472 g/mol. The Morgan fingerprint density at radius 1 is 1.20 bits per heavy atom. The number of fused-ring (bicyclic) bond motifs is 3. The monoisotopic (exact) mass is 471 g/mol. The molecule has 1 fully saturated rings. The lowest BCUT2D eigenvalue weighted by atomic mass is 9.91. The molecule has 1 saturated heterocycles. The van der Waals surface area contributed by atoms with E-state index in [9.17, 15) is 4.79 Å². The molecule has 4 heterocycles. The molecule has 0 bridgehead atoms. The van der Waals surface area contributed by atoms with Crippen molar-refractivity contribution in [2.45, 2.75) is 53.4 Å². The Kier molecular flexibility index (Phi) is 7.10. The van der Waals surface area contributed by atoms with Crippen molar-refractivity contribution in [2.24, 2.45) is 4.99 Å². The van der Waals surface area contributed by atoms with Crippen LogP contribution in [-0.2, 0) is 4.79 Å². The van der Waals surface area contributed by atoms with Crippen molar-refractivity contribution >= 4 is 34.9 Å². The number of hydrogen-bond acceptors (Lipinski definition) is 5. The normalized spacial score (nSPS) is 16.7. The van der Waals surface area contributed by atoms with Gasteiger partial charge in [0.05, 0.1) is 23.0 Å². The first-order chi connectivity index (χ1) is 16.9. The SMILES string of the molecule is C=NC(=C\C=C(/C)c1cnn2c1nc(C1CCN(C(C)=O)CC1)c1c(C)[nH]nc12)/C(C=CC)=C/C. The van der Waals surface area contributed by atoms with Gasteiger partial charge in [-0.15, -0.1) is 0 Å². The van der Waals surface area contributed by atoms with Crippen LogP contribution in [0.15, 0.2) is 52.8 Å². The summed E-state index contributed by atoms with van der Waals surface area (Å²) >= 11 is 0. The van der Waals surface area contributed by atoms with Gasteiger partial charge in [-0.05, 0) is 64.5 Å². The minimum Gasteiger partial charge on any atom is -0.343 e. The highest BCUT2D eigenvalue weighted by Crippen LogP contribution is 2.34. The average Bonchev–Trinajstić information content (AvgIpc) is 3.46. The van der Waals surface area contributed by atoms with Crippen LogP contribution in [0, 0.1) is 6.92 Å². The van der Waals surface area contributed by atoms with Gasteiger partial charge in [-0.3, -0.25) is 14.9 Å². The zero-order valence-corrected chi connectivity index (χ0v) is 21.2. The Labute approximate surface area is 205 Å². The number of rotatable bonds is 6. The number of carbonyl (C=O) groups is 1. The third kappa shape index (κ3) is 4.60. The van der Waals surface area contributed by atoms with Crippen LogP contribution in [0.1, 0.15) is 63.4 Å². The molecule has 0 atom stereocenters. The maximum atomic E-state index is 11.8. The molecule has 0 saturated carbocycles.